The monoisotopic (exact) mass is 183 g/mol. The van der Waals surface area contributed by atoms with Crippen molar-refractivity contribution in [3.05, 3.63) is 0 Å². The summed E-state index contributed by atoms with van der Waals surface area (Å²) in [6.45, 7) is 7.35. The van der Waals surface area contributed by atoms with Crippen molar-refractivity contribution in [2.24, 2.45) is 5.41 Å². The standard InChI is InChI=1S/C9H17N3O/c1-9(6-11-7-9)8(13)12-4-2-10-3-5-12/h10-11H,2-7H2,1H3. The van der Waals surface area contributed by atoms with Gasteiger partial charge in [0, 0.05) is 39.3 Å². The first-order valence-electron chi connectivity index (χ1n) is 4.93. The summed E-state index contributed by atoms with van der Waals surface area (Å²) >= 11 is 0. The summed E-state index contributed by atoms with van der Waals surface area (Å²) in [6.07, 6.45) is 0. The molecule has 2 N–H and O–H groups in total. The summed E-state index contributed by atoms with van der Waals surface area (Å²) in [5.74, 6) is 0.327. The van der Waals surface area contributed by atoms with Crippen LogP contribution in [0.3, 0.4) is 0 Å². The van der Waals surface area contributed by atoms with Crippen molar-refractivity contribution in [3.8, 4) is 0 Å². The van der Waals surface area contributed by atoms with E-state index in [1.165, 1.54) is 0 Å². The van der Waals surface area contributed by atoms with Crippen LogP contribution in [0.1, 0.15) is 6.92 Å². The number of piperazine rings is 1. The Hall–Kier alpha value is -0.610. The third kappa shape index (κ3) is 1.56. The second-order valence-electron chi connectivity index (χ2n) is 4.21. The molecule has 2 rings (SSSR count). The predicted molar refractivity (Wildman–Crippen MR) is 50.4 cm³/mol. The van der Waals surface area contributed by atoms with Gasteiger partial charge < -0.3 is 15.5 Å². The Kier molecular flexibility index (Phi) is 2.26. The summed E-state index contributed by atoms with van der Waals surface area (Å²) in [5, 5.41) is 6.41. The zero-order valence-electron chi connectivity index (χ0n) is 8.10. The second-order valence-corrected chi connectivity index (χ2v) is 4.21. The molecular weight excluding hydrogens is 166 g/mol. The van der Waals surface area contributed by atoms with Crippen molar-refractivity contribution in [2.75, 3.05) is 39.3 Å². The molecule has 13 heavy (non-hydrogen) atoms. The van der Waals surface area contributed by atoms with E-state index in [-0.39, 0.29) is 5.41 Å². The number of hydrogen-bond acceptors (Lipinski definition) is 3. The van der Waals surface area contributed by atoms with E-state index < -0.39 is 0 Å². The van der Waals surface area contributed by atoms with Crippen LogP contribution < -0.4 is 10.6 Å². The molecule has 0 aliphatic carbocycles. The van der Waals surface area contributed by atoms with Crippen LogP contribution in [-0.2, 0) is 4.79 Å². The van der Waals surface area contributed by atoms with Crippen molar-refractivity contribution < 1.29 is 4.79 Å². The highest BCUT2D eigenvalue weighted by Crippen LogP contribution is 2.24. The van der Waals surface area contributed by atoms with Gasteiger partial charge in [0.1, 0.15) is 0 Å². The lowest BCUT2D eigenvalue weighted by molar-refractivity contribution is -0.144. The summed E-state index contributed by atoms with van der Waals surface area (Å²) in [4.78, 5) is 13.9. The molecule has 0 atom stereocenters. The maximum absolute atomic E-state index is 12.0. The van der Waals surface area contributed by atoms with Crippen LogP contribution in [0, 0.1) is 5.41 Å². The third-order valence-corrected chi connectivity index (χ3v) is 2.95. The Labute approximate surface area is 78.7 Å². The van der Waals surface area contributed by atoms with Gasteiger partial charge in [-0.2, -0.15) is 0 Å². The summed E-state index contributed by atoms with van der Waals surface area (Å²) in [7, 11) is 0. The van der Waals surface area contributed by atoms with Crippen molar-refractivity contribution in [2.45, 2.75) is 6.92 Å². The molecule has 74 valence electrons. The van der Waals surface area contributed by atoms with E-state index in [2.05, 4.69) is 10.6 Å². The van der Waals surface area contributed by atoms with Gasteiger partial charge in [-0.15, -0.1) is 0 Å². The maximum atomic E-state index is 12.0. The molecule has 1 amide bonds. The quantitative estimate of drug-likeness (QED) is 0.549. The Balaban J connectivity index is 1.95. The minimum atomic E-state index is -0.114. The Morgan fingerprint density at radius 2 is 1.85 bits per heavy atom. The zero-order valence-corrected chi connectivity index (χ0v) is 8.10. The van der Waals surface area contributed by atoms with E-state index >= 15 is 0 Å². The van der Waals surface area contributed by atoms with Gasteiger partial charge in [0.05, 0.1) is 5.41 Å². The molecule has 0 aromatic carbocycles. The lowest BCUT2D eigenvalue weighted by atomic mass is 9.82. The highest BCUT2D eigenvalue weighted by atomic mass is 16.2. The first-order chi connectivity index (χ1) is 6.22. The van der Waals surface area contributed by atoms with Crippen LogP contribution in [0.4, 0.5) is 0 Å². The first kappa shape index (κ1) is 8.97. The van der Waals surface area contributed by atoms with Crippen molar-refractivity contribution in [1.29, 1.82) is 0 Å². The SMILES string of the molecule is CC1(C(=O)N2CCNCC2)CNC1. The highest BCUT2D eigenvalue weighted by Gasteiger charge is 2.41. The Morgan fingerprint density at radius 3 is 2.31 bits per heavy atom. The number of carbonyl (C=O) groups is 1. The van der Waals surface area contributed by atoms with Gasteiger partial charge in [-0.25, -0.2) is 0 Å². The fourth-order valence-electron chi connectivity index (χ4n) is 1.90. The molecule has 0 unspecified atom stereocenters. The first-order valence-corrected chi connectivity index (χ1v) is 4.93. The lowest BCUT2D eigenvalue weighted by Crippen LogP contribution is -2.62. The minimum Gasteiger partial charge on any atom is -0.340 e. The molecule has 0 spiro atoms. The second kappa shape index (κ2) is 3.27. The average Bonchev–Trinajstić information content (AvgIpc) is 2.14. The molecule has 2 saturated heterocycles. The summed E-state index contributed by atoms with van der Waals surface area (Å²) < 4.78 is 0. The molecule has 4 nitrogen and oxygen atoms in total. The smallest absolute Gasteiger partial charge is 0.231 e. The maximum Gasteiger partial charge on any atom is 0.231 e. The van der Waals surface area contributed by atoms with Crippen molar-refractivity contribution in [1.82, 2.24) is 15.5 Å². The van der Waals surface area contributed by atoms with Crippen molar-refractivity contribution >= 4 is 5.91 Å². The van der Waals surface area contributed by atoms with Gasteiger partial charge >= 0.3 is 0 Å². The number of carbonyl (C=O) groups excluding carboxylic acids is 1. The van der Waals surface area contributed by atoms with Crippen LogP contribution in [0.15, 0.2) is 0 Å². The largest absolute Gasteiger partial charge is 0.340 e. The minimum absolute atomic E-state index is 0.114. The molecule has 2 fully saturated rings. The molecular formula is C9H17N3O. The lowest BCUT2D eigenvalue weighted by Gasteiger charge is -2.42. The Morgan fingerprint density at radius 1 is 1.23 bits per heavy atom. The van der Waals surface area contributed by atoms with Crippen LogP contribution in [0.25, 0.3) is 0 Å². The Bertz CT molecular complexity index is 207. The van der Waals surface area contributed by atoms with Crippen molar-refractivity contribution in [3.63, 3.8) is 0 Å². The van der Waals surface area contributed by atoms with Gasteiger partial charge in [0.2, 0.25) is 5.91 Å². The van der Waals surface area contributed by atoms with Gasteiger partial charge in [0.25, 0.3) is 0 Å². The number of rotatable bonds is 1. The highest BCUT2D eigenvalue weighted by molar-refractivity contribution is 5.84. The molecule has 0 aromatic heterocycles. The molecule has 0 aromatic rings. The van der Waals surface area contributed by atoms with Crippen LogP contribution in [0.2, 0.25) is 0 Å². The van der Waals surface area contributed by atoms with Gasteiger partial charge in [-0.05, 0) is 6.92 Å². The number of amides is 1. The zero-order chi connectivity index (χ0) is 9.31. The molecule has 4 heteroatoms. The summed E-state index contributed by atoms with van der Waals surface area (Å²) in [6, 6.07) is 0. The van der Waals surface area contributed by atoms with E-state index in [1.807, 2.05) is 11.8 Å². The average molecular weight is 183 g/mol. The summed E-state index contributed by atoms with van der Waals surface area (Å²) in [5.41, 5.74) is -0.114. The van der Waals surface area contributed by atoms with Gasteiger partial charge in [-0.1, -0.05) is 0 Å². The van der Waals surface area contributed by atoms with E-state index in [4.69, 9.17) is 0 Å². The van der Waals surface area contributed by atoms with E-state index in [9.17, 15) is 4.79 Å². The molecule has 2 aliphatic heterocycles. The van der Waals surface area contributed by atoms with E-state index in [0.717, 1.165) is 39.3 Å². The molecule has 0 bridgehead atoms. The predicted octanol–water partition coefficient (Wildman–Crippen LogP) is -0.972. The van der Waals surface area contributed by atoms with Gasteiger partial charge in [0.15, 0.2) is 0 Å². The van der Waals surface area contributed by atoms with E-state index in [1.54, 1.807) is 0 Å². The number of hydrogen-bond donors (Lipinski definition) is 2. The van der Waals surface area contributed by atoms with Crippen LogP contribution in [0.5, 0.6) is 0 Å². The van der Waals surface area contributed by atoms with Gasteiger partial charge in [-0.3, -0.25) is 4.79 Å². The topological polar surface area (TPSA) is 44.4 Å². The molecule has 2 heterocycles. The van der Waals surface area contributed by atoms with Crippen LogP contribution >= 0.6 is 0 Å². The normalized spacial score (nSPS) is 26.7. The fourth-order valence-corrected chi connectivity index (χ4v) is 1.90. The van der Waals surface area contributed by atoms with Crippen LogP contribution in [-0.4, -0.2) is 50.1 Å². The molecule has 0 saturated carbocycles. The fraction of sp³-hybridized carbons (Fsp3) is 0.889. The van der Waals surface area contributed by atoms with E-state index in [0.29, 0.717) is 5.91 Å². The molecule has 0 radical (unpaired) electrons. The third-order valence-electron chi connectivity index (χ3n) is 2.95. The number of nitrogens with one attached hydrogen (secondary N) is 2. The number of nitrogens with zero attached hydrogens (tertiary/aromatic N) is 1. The molecule has 2 aliphatic rings.